The van der Waals surface area contributed by atoms with Gasteiger partial charge in [0.2, 0.25) is 5.91 Å². The Kier molecular flexibility index (Phi) is 7.83. The number of anilines is 1. The molecule has 0 unspecified atom stereocenters. The van der Waals surface area contributed by atoms with E-state index in [-0.39, 0.29) is 10.9 Å². The van der Waals surface area contributed by atoms with E-state index >= 15 is 0 Å². The topological polar surface area (TPSA) is 75.1 Å². The third-order valence-corrected chi connectivity index (χ3v) is 11.2. The molecule has 2 aromatic rings. The SMILES string of the molecule is CC(=O)N/N=C1\Nc2ccc(Br)cc2C(c2ccc(Cl)cc2)=N[C@H]1CO[Si](C)(C)C(C)(C)C. The monoisotopic (exact) mass is 548 g/mol. The molecule has 0 aliphatic carbocycles. The van der Waals surface area contributed by atoms with Crippen LogP contribution in [0.2, 0.25) is 23.2 Å². The van der Waals surface area contributed by atoms with Crippen LogP contribution < -0.4 is 10.7 Å². The zero-order valence-electron chi connectivity index (χ0n) is 19.8. The Morgan fingerprint density at radius 3 is 2.52 bits per heavy atom. The van der Waals surface area contributed by atoms with Crippen LogP contribution in [-0.2, 0) is 9.22 Å². The van der Waals surface area contributed by atoms with E-state index < -0.39 is 14.4 Å². The van der Waals surface area contributed by atoms with Crippen LogP contribution in [0.15, 0.2) is 57.0 Å². The van der Waals surface area contributed by atoms with Crippen LogP contribution in [0.1, 0.15) is 38.8 Å². The molecule has 1 aliphatic rings. The molecule has 2 aromatic carbocycles. The van der Waals surface area contributed by atoms with Crippen molar-refractivity contribution in [2.45, 2.75) is 51.9 Å². The van der Waals surface area contributed by atoms with Crippen LogP contribution >= 0.6 is 27.5 Å². The second-order valence-electron chi connectivity index (χ2n) is 9.55. The van der Waals surface area contributed by atoms with Gasteiger partial charge in [-0.2, -0.15) is 5.10 Å². The quantitative estimate of drug-likeness (QED) is 0.344. The maximum absolute atomic E-state index is 11.6. The van der Waals surface area contributed by atoms with Crippen molar-refractivity contribution in [2.75, 3.05) is 11.9 Å². The number of fused-ring (bicyclic) bond motifs is 1. The standard InChI is InChI=1S/C24H30BrClN4O2Si/c1-15(31)29-30-23-21(14-32-33(5,6)24(2,3)4)27-22(16-7-10-18(26)11-8-16)19-13-17(25)9-12-20(19)28-23/h7-13,21H,14H2,1-6H3,(H,28,30)(H,29,31)/t21-/m0/s1. The summed E-state index contributed by atoms with van der Waals surface area (Å²) in [7, 11) is -2.04. The number of hydrazone groups is 1. The molecule has 3 rings (SSSR count). The van der Waals surface area contributed by atoms with Crippen molar-refractivity contribution in [1.82, 2.24) is 5.43 Å². The van der Waals surface area contributed by atoms with Gasteiger partial charge in [0.1, 0.15) is 6.04 Å². The highest BCUT2D eigenvalue weighted by atomic mass is 79.9. The van der Waals surface area contributed by atoms with Gasteiger partial charge in [-0.05, 0) is 48.5 Å². The average molecular weight is 550 g/mol. The van der Waals surface area contributed by atoms with Gasteiger partial charge in [0.25, 0.3) is 0 Å². The smallest absolute Gasteiger partial charge is 0.237 e. The minimum atomic E-state index is -2.04. The molecule has 0 aromatic heterocycles. The van der Waals surface area contributed by atoms with Crippen molar-refractivity contribution in [2.24, 2.45) is 10.1 Å². The van der Waals surface area contributed by atoms with E-state index in [2.05, 4.69) is 65.6 Å². The first-order chi connectivity index (χ1) is 15.4. The number of nitrogens with zero attached hydrogens (tertiary/aromatic N) is 2. The predicted molar refractivity (Wildman–Crippen MR) is 143 cm³/mol. The third kappa shape index (κ3) is 6.32. The van der Waals surface area contributed by atoms with E-state index in [9.17, 15) is 4.79 Å². The second-order valence-corrected chi connectivity index (χ2v) is 15.7. The highest BCUT2D eigenvalue weighted by Gasteiger charge is 2.38. The van der Waals surface area contributed by atoms with Crippen LogP contribution in [0, 0.1) is 0 Å². The lowest BCUT2D eigenvalue weighted by Gasteiger charge is -2.36. The largest absolute Gasteiger partial charge is 0.414 e. The molecule has 1 amide bonds. The number of halogens is 2. The Hall–Kier alpha value is -2.00. The molecule has 6 nitrogen and oxygen atoms in total. The molecule has 9 heteroatoms. The number of benzene rings is 2. The second kappa shape index (κ2) is 10.1. The minimum absolute atomic E-state index is 0.0522. The zero-order valence-corrected chi connectivity index (χ0v) is 23.1. The van der Waals surface area contributed by atoms with Gasteiger partial charge >= 0.3 is 0 Å². The normalized spacial score (nSPS) is 17.6. The van der Waals surface area contributed by atoms with Crippen LogP contribution in [-0.4, -0.2) is 38.4 Å². The summed E-state index contributed by atoms with van der Waals surface area (Å²) in [6.07, 6.45) is 0. The lowest BCUT2D eigenvalue weighted by molar-refractivity contribution is -0.118. The Morgan fingerprint density at radius 1 is 1.24 bits per heavy atom. The fraction of sp³-hybridized carbons (Fsp3) is 0.375. The first kappa shape index (κ1) is 25.6. The van der Waals surface area contributed by atoms with Crippen molar-refractivity contribution >= 4 is 59.0 Å². The number of rotatable bonds is 5. The highest BCUT2D eigenvalue weighted by molar-refractivity contribution is 9.10. The zero-order chi connectivity index (χ0) is 24.4. The Labute approximate surface area is 210 Å². The highest BCUT2D eigenvalue weighted by Crippen LogP contribution is 2.37. The van der Waals surface area contributed by atoms with E-state index in [1.807, 2.05) is 42.5 Å². The molecule has 0 radical (unpaired) electrons. The van der Waals surface area contributed by atoms with Gasteiger partial charge in [-0.1, -0.05) is 60.4 Å². The summed E-state index contributed by atoms with van der Waals surface area (Å²) in [5, 5.41) is 8.45. The molecule has 33 heavy (non-hydrogen) atoms. The van der Waals surface area contributed by atoms with Crippen molar-refractivity contribution in [3.63, 3.8) is 0 Å². The Morgan fingerprint density at radius 2 is 1.91 bits per heavy atom. The summed E-state index contributed by atoms with van der Waals surface area (Å²) in [5.74, 6) is 0.270. The maximum atomic E-state index is 11.6. The number of amides is 1. The minimum Gasteiger partial charge on any atom is -0.414 e. The number of benzodiazepines with no additional fused rings is 1. The maximum Gasteiger partial charge on any atom is 0.237 e. The Bertz CT molecular complexity index is 1090. The van der Waals surface area contributed by atoms with Gasteiger partial charge in [-0.15, -0.1) is 0 Å². The molecular formula is C24H30BrClN4O2Si. The van der Waals surface area contributed by atoms with E-state index in [1.54, 1.807) is 0 Å². The van der Waals surface area contributed by atoms with E-state index in [0.29, 0.717) is 17.5 Å². The summed E-state index contributed by atoms with van der Waals surface area (Å²) in [4.78, 5) is 16.7. The predicted octanol–water partition coefficient (Wildman–Crippen LogP) is 6.21. The Balaban J connectivity index is 2.12. The molecular weight excluding hydrogens is 520 g/mol. The van der Waals surface area contributed by atoms with Crippen LogP contribution in [0.25, 0.3) is 0 Å². The number of hydrogen-bond acceptors (Lipinski definition) is 4. The molecule has 0 fully saturated rings. The van der Waals surface area contributed by atoms with Gasteiger partial charge in [-0.3, -0.25) is 9.79 Å². The summed E-state index contributed by atoms with van der Waals surface area (Å²) in [6, 6.07) is 13.1. The molecule has 0 saturated heterocycles. The summed E-state index contributed by atoms with van der Waals surface area (Å²) < 4.78 is 7.45. The average Bonchev–Trinajstić information content (AvgIpc) is 2.87. The van der Waals surface area contributed by atoms with Gasteiger partial charge < -0.3 is 9.74 Å². The molecule has 2 N–H and O–H groups in total. The first-order valence-electron chi connectivity index (χ1n) is 10.8. The van der Waals surface area contributed by atoms with Crippen molar-refractivity contribution in [1.29, 1.82) is 0 Å². The van der Waals surface area contributed by atoms with Crippen molar-refractivity contribution in [3.8, 4) is 0 Å². The molecule has 1 heterocycles. The van der Waals surface area contributed by atoms with Crippen molar-refractivity contribution in [3.05, 3.63) is 63.1 Å². The summed E-state index contributed by atoms with van der Waals surface area (Å²) >= 11 is 9.72. The molecule has 176 valence electrons. The number of amidine groups is 1. The van der Waals surface area contributed by atoms with Gasteiger partial charge in [0.05, 0.1) is 12.3 Å². The molecule has 1 aliphatic heterocycles. The fourth-order valence-electron chi connectivity index (χ4n) is 3.03. The number of nitrogens with one attached hydrogen (secondary N) is 2. The number of carbonyl (C=O) groups is 1. The van der Waals surface area contributed by atoms with Crippen LogP contribution in [0.4, 0.5) is 5.69 Å². The molecule has 1 atom stereocenters. The lowest BCUT2D eigenvalue weighted by atomic mass is 10.0. The molecule has 0 bridgehead atoms. The van der Waals surface area contributed by atoms with Crippen LogP contribution in [0.3, 0.4) is 0 Å². The van der Waals surface area contributed by atoms with E-state index in [0.717, 1.165) is 27.0 Å². The fourth-order valence-corrected chi connectivity index (χ4v) is 4.52. The number of hydrogen-bond donors (Lipinski definition) is 2. The van der Waals surface area contributed by atoms with Gasteiger partial charge in [-0.25, -0.2) is 5.43 Å². The number of aliphatic imine (C=N–C) groups is 1. The van der Waals surface area contributed by atoms with Gasteiger partial charge in [0, 0.05) is 33.2 Å². The first-order valence-corrected chi connectivity index (χ1v) is 14.8. The summed E-state index contributed by atoms with van der Waals surface area (Å²) in [6.45, 7) is 12.8. The summed E-state index contributed by atoms with van der Waals surface area (Å²) in [5.41, 5.74) is 6.03. The molecule has 0 spiro atoms. The van der Waals surface area contributed by atoms with Gasteiger partial charge in [0.15, 0.2) is 14.2 Å². The molecule has 0 saturated carbocycles. The lowest BCUT2D eigenvalue weighted by Crippen LogP contribution is -2.44. The van der Waals surface area contributed by atoms with E-state index in [4.69, 9.17) is 21.0 Å². The van der Waals surface area contributed by atoms with E-state index in [1.165, 1.54) is 6.92 Å². The third-order valence-electron chi connectivity index (χ3n) is 5.96. The van der Waals surface area contributed by atoms with Crippen molar-refractivity contribution < 1.29 is 9.22 Å². The van der Waals surface area contributed by atoms with Crippen LogP contribution in [0.5, 0.6) is 0 Å². The number of carbonyl (C=O) groups excluding carboxylic acids is 1.